The quantitative estimate of drug-likeness (QED) is 0.380. The number of carbonyl (C=O) groups excluding carboxylic acids is 2. The van der Waals surface area contributed by atoms with Crippen LogP contribution in [0.1, 0.15) is 20.7 Å². The van der Waals surface area contributed by atoms with Gasteiger partial charge in [0.15, 0.2) is 0 Å². The number of aromatic carboxylic acids is 2. The van der Waals surface area contributed by atoms with Gasteiger partial charge in [-0.1, -0.05) is 6.07 Å². The molecule has 0 heterocycles. The SMILES string of the molecule is O=C([O-])c1ccc(S(=O)(=O)O)c(S(=O)(=O)O)c1C(=O)[O-].[Na+].[Na+]. The van der Waals surface area contributed by atoms with Crippen LogP contribution in [0, 0.1) is 0 Å². The minimum Gasteiger partial charge on any atom is -0.545 e. The molecule has 10 nitrogen and oxygen atoms in total. The van der Waals surface area contributed by atoms with E-state index in [2.05, 4.69) is 0 Å². The average Bonchev–Trinajstić information content (AvgIpc) is 2.24. The monoisotopic (exact) mass is 370 g/mol. The normalized spacial score (nSPS) is 11.0. The van der Waals surface area contributed by atoms with E-state index in [9.17, 15) is 36.6 Å². The predicted octanol–water partition coefficient (Wildman–Crippen LogP) is -9.09. The van der Waals surface area contributed by atoms with E-state index in [1.165, 1.54) is 0 Å². The molecule has 0 spiro atoms. The molecule has 0 atom stereocenters. The molecule has 0 aliphatic rings. The maximum absolute atomic E-state index is 11.1. The van der Waals surface area contributed by atoms with Gasteiger partial charge in [0.05, 0.1) is 11.9 Å². The van der Waals surface area contributed by atoms with E-state index in [1.54, 1.807) is 0 Å². The Morgan fingerprint density at radius 2 is 1.32 bits per heavy atom. The molecule has 0 unspecified atom stereocenters. The number of benzene rings is 1. The van der Waals surface area contributed by atoms with Gasteiger partial charge in [-0.3, -0.25) is 9.11 Å². The first-order valence-electron chi connectivity index (χ1n) is 4.42. The predicted molar refractivity (Wildman–Crippen MR) is 54.7 cm³/mol. The minimum absolute atomic E-state index is 0. The zero-order chi connectivity index (χ0) is 15.9. The van der Waals surface area contributed by atoms with Crippen molar-refractivity contribution in [2.24, 2.45) is 0 Å². The molecular weight excluding hydrogens is 366 g/mol. The van der Waals surface area contributed by atoms with Gasteiger partial charge in [-0.25, -0.2) is 0 Å². The molecule has 0 aliphatic heterocycles. The minimum atomic E-state index is -5.50. The van der Waals surface area contributed by atoms with Gasteiger partial charge in [-0.15, -0.1) is 0 Å². The topological polar surface area (TPSA) is 189 Å². The van der Waals surface area contributed by atoms with Gasteiger partial charge in [0, 0.05) is 11.1 Å². The van der Waals surface area contributed by atoms with Crippen LogP contribution in [0.25, 0.3) is 0 Å². The third-order valence-corrected chi connectivity index (χ3v) is 4.05. The van der Waals surface area contributed by atoms with Crippen LogP contribution in [-0.2, 0) is 20.2 Å². The summed E-state index contributed by atoms with van der Waals surface area (Å²) < 4.78 is 61.7. The van der Waals surface area contributed by atoms with Crippen molar-refractivity contribution in [2.75, 3.05) is 0 Å². The van der Waals surface area contributed by atoms with Crippen molar-refractivity contribution in [3.05, 3.63) is 23.3 Å². The molecule has 0 saturated heterocycles. The number of hydrogen-bond acceptors (Lipinski definition) is 8. The molecule has 110 valence electrons. The molecule has 0 bridgehead atoms. The van der Waals surface area contributed by atoms with Crippen LogP contribution in [0.5, 0.6) is 0 Å². The summed E-state index contributed by atoms with van der Waals surface area (Å²) in [5.74, 6) is -4.56. The van der Waals surface area contributed by atoms with E-state index in [-0.39, 0.29) is 65.2 Å². The summed E-state index contributed by atoms with van der Waals surface area (Å²) in [5, 5.41) is 21.5. The van der Waals surface area contributed by atoms with Crippen LogP contribution >= 0.6 is 0 Å². The van der Waals surface area contributed by atoms with Crippen LogP contribution in [0.15, 0.2) is 21.9 Å². The van der Waals surface area contributed by atoms with Crippen molar-refractivity contribution >= 4 is 32.2 Å². The fourth-order valence-corrected chi connectivity index (χ4v) is 3.38. The molecule has 0 radical (unpaired) electrons. The summed E-state index contributed by atoms with van der Waals surface area (Å²) in [6.07, 6.45) is 0. The van der Waals surface area contributed by atoms with Crippen molar-refractivity contribution in [2.45, 2.75) is 9.79 Å². The van der Waals surface area contributed by atoms with E-state index in [0.29, 0.717) is 6.07 Å². The smallest absolute Gasteiger partial charge is 0.545 e. The van der Waals surface area contributed by atoms with Crippen molar-refractivity contribution in [1.82, 2.24) is 0 Å². The van der Waals surface area contributed by atoms with Gasteiger partial charge in [-0.2, -0.15) is 16.8 Å². The van der Waals surface area contributed by atoms with Gasteiger partial charge < -0.3 is 19.8 Å². The average molecular weight is 370 g/mol. The Morgan fingerprint density at radius 3 is 1.59 bits per heavy atom. The molecule has 2 N–H and O–H groups in total. The number of rotatable bonds is 4. The van der Waals surface area contributed by atoms with Gasteiger partial charge in [0.1, 0.15) is 9.79 Å². The van der Waals surface area contributed by atoms with Crippen molar-refractivity contribution in [1.29, 1.82) is 0 Å². The molecule has 0 aliphatic carbocycles. The van der Waals surface area contributed by atoms with Gasteiger partial charge >= 0.3 is 59.1 Å². The van der Waals surface area contributed by atoms with Crippen molar-refractivity contribution < 1.29 is 105 Å². The summed E-state index contributed by atoms with van der Waals surface area (Å²) in [6, 6.07) is 0.661. The molecule has 14 heteroatoms. The Bertz CT molecular complexity index is 812. The Kier molecular flexibility index (Phi) is 9.02. The van der Waals surface area contributed by atoms with Gasteiger partial charge in [0.2, 0.25) is 0 Å². The Labute approximate surface area is 168 Å². The maximum Gasteiger partial charge on any atom is 1.00 e. The van der Waals surface area contributed by atoms with Crippen LogP contribution < -0.4 is 69.3 Å². The molecule has 0 aromatic heterocycles. The van der Waals surface area contributed by atoms with Gasteiger partial charge in [-0.05, 0) is 6.07 Å². The summed E-state index contributed by atoms with van der Waals surface area (Å²) in [6.45, 7) is 0. The third-order valence-electron chi connectivity index (χ3n) is 2.08. The van der Waals surface area contributed by atoms with Crippen molar-refractivity contribution in [3.63, 3.8) is 0 Å². The third kappa shape index (κ3) is 5.26. The number of hydrogen-bond donors (Lipinski definition) is 2. The Balaban J connectivity index is 0. The van der Waals surface area contributed by atoms with Crippen LogP contribution in [0.4, 0.5) is 0 Å². The van der Waals surface area contributed by atoms with Crippen LogP contribution in [-0.4, -0.2) is 37.9 Å². The van der Waals surface area contributed by atoms with E-state index in [1.807, 2.05) is 0 Å². The molecule has 0 fully saturated rings. The molecule has 1 aromatic rings. The van der Waals surface area contributed by atoms with E-state index < -0.39 is 53.1 Å². The fourth-order valence-electron chi connectivity index (χ4n) is 1.40. The number of carboxylic acid groups (broad SMARTS) is 2. The van der Waals surface area contributed by atoms with Crippen LogP contribution in [0.3, 0.4) is 0 Å². The number of carbonyl (C=O) groups is 2. The van der Waals surface area contributed by atoms with E-state index in [4.69, 9.17) is 9.11 Å². The summed E-state index contributed by atoms with van der Waals surface area (Å²) in [7, 11) is -10.8. The molecule has 0 saturated carbocycles. The van der Waals surface area contributed by atoms with Crippen LogP contribution in [0.2, 0.25) is 0 Å². The van der Waals surface area contributed by atoms with E-state index >= 15 is 0 Å². The molecular formula is C8H4Na2O10S2. The first kappa shape index (κ1) is 24.2. The standard InChI is InChI=1S/C8H6O10S2.2Na/c9-7(10)3-1-2-4(19(13,14)15)6(20(16,17)18)5(3)8(11)12;;/h1-2H,(H,9,10)(H,11,12)(H,13,14,15)(H,16,17,18);;/q;2*+1/p-2. The molecule has 1 rings (SSSR count). The summed E-state index contributed by atoms with van der Waals surface area (Å²) >= 11 is 0. The second kappa shape index (κ2) is 8.19. The second-order valence-electron chi connectivity index (χ2n) is 3.34. The van der Waals surface area contributed by atoms with Crippen molar-refractivity contribution in [3.8, 4) is 0 Å². The molecule has 22 heavy (non-hydrogen) atoms. The first-order valence-corrected chi connectivity index (χ1v) is 7.30. The molecule has 0 amide bonds. The largest absolute Gasteiger partial charge is 1.00 e. The Hall–Kier alpha value is -0.0200. The second-order valence-corrected chi connectivity index (χ2v) is 6.09. The zero-order valence-corrected chi connectivity index (χ0v) is 16.8. The summed E-state index contributed by atoms with van der Waals surface area (Å²) in [4.78, 5) is 18.2. The summed E-state index contributed by atoms with van der Waals surface area (Å²) in [5.41, 5.74) is -2.90. The zero-order valence-electron chi connectivity index (χ0n) is 11.1. The van der Waals surface area contributed by atoms with Gasteiger partial charge in [0.25, 0.3) is 20.2 Å². The first-order chi connectivity index (χ1) is 8.87. The fraction of sp³-hybridized carbons (Fsp3) is 0. The Morgan fingerprint density at radius 1 is 0.864 bits per heavy atom. The number of carboxylic acids is 2. The van der Waals surface area contributed by atoms with E-state index in [0.717, 1.165) is 0 Å². The molecule has 1 aromatic carbocycles. The maximum atomic E-state index is 11.1.